The van der Waals surface area contributed by atoms with Gasteiger partial charge in [-0.2, -0.15) is 0 Å². The van der Waals surface area contributed by atoms with Gasteiger partial charge in [0.25, 0.3) is 0 Å². The predicted octanol–water partition coefficient (Wildman–Crippen LogP) is 3.14. The second-order valence-corrected chi connectivity index (χ2v) is 6.82. The molecule has 1 aromatic heterocycles. The van der Waals surface area contributed by atoms with Gasteiger partial charge in [0, 0.05) is 6.92 Å². The van der Waals surface area contributed by atoms with Gasteiger partial charge < -0.3 is 28.5 Å². The van der Waals surface area contributed by atoms with E-state index in [0.717, 1.165) is 0 Å². The third-order valence-corrected chi connectivity index (χ3v) is 4.85. The van der Waals surface area contributed by atoms with Gasteiger partial charge in [0.15, 0.2) is 17.3 Å². The van der Waals surface area contributed by atoms with E-state index in [-0.39, 0.29) is 40.4 Å². The van der Waals surface area contributed by atoms with Crippen molar-refractivity contribution in [2.45, 2.75) is 19.3 Å². The summed E-state index contributed by atoms with van der Waals surface area (Å²) in [6.07, 6.45) is -0.259. The van der Waals surface area contributed by atoms with E-state index in [1.54, 1.807) is 18.2 Å². The van der Waals surface area contributed by atoms with Gasteiger partial charge >= 0.3 is 11.9 Å². The Kier molecular flexibility index (Phi) is 6.67. The maximum atomic E-state index is 12.7. The average molecular weight is 442 g/mol. The number of carbonyl (C=O) groups is 2. The molecule has 2 aromatic carbocycles. The van der Waals surface area contributed by atoms with Crippen molar-refractivity contribution < 1.29 is 38.1 Å². The van der Waals surface area contributed by atoms with Gasteiger partial charge in [0.2, 0.25) is 16.9 Å². The zero-order valence-corrected chi connectivity index (χ0v) is 18.0. The normalized spacial score (nSPS) is 11.6. The van der Waals surface area contributed by atoms with Crippen LogP contribution in [0.1, 0.15) is 30.6 Å². The summed E-state index contributed by atoms with van der Waals surface area (Å²) in [5.74, 6) is -2.53. The number of para-hydroxylation sites is 1. The molecule has 0 spiro atoms. The zero-order valence-electron chi connectivity index (χ0n) is 18.0. The highest BCUT2D eigenvalue weighted by molar-refractivity contribution is 5.79. The smallest absolute Gasteiger partial charge is 0.308 e. The number of methoxy groups -OCH3 is 3. The third-order valence-electron chi connectivity index (χ3n) is 4.85. The van der Waals surface area contributed by atoms with Crippen molar-refractivity contribution in [2.24, 2.45) is 0 Å². The van der Waals surface area contributed by atoms with Crippen LogP contribution in [0.15, 0.2) is 45.6 Å². The molecule has 32 heavy (non-hydrogen) atoms. The number of hydrogen-bond donors (Lipinski definition) is 1. The first kappa shape index (κ1) is 22.7. The van der Waals surface area contributed by atoms with Crippen LogP contribution >= 0.6 is 0 Å². The maximum absolute atomic E-state index is 12.7. The number of rotatable bonds is 7. The maximum Gasteiger partial charge on any atom is 0.308 e. The Morgan fingerprint density at radius 2 is 1.69 bits per heavy atom. The molecule has 0 unspecified atom stereocenters. The SMILES string of the molecule is COC(=O)C[C@H](c1cc(OC)c(OC(C)=O)c(OC)c1)c1oc2ccccc2c(=O)c1O. The summed E-state index contributed by atoms with van der Waals surface area (Å²) in [5.41, 5.74) is 0.0107. The summed E-state index contributed by atoms with van der Waals surface area (Å²) < 4.78 is 26.5. The lowest BCUT2D eigenvalue weighted by Crippen LogP contribution is -2.14. The first-order valence-electron chi connectivity index (χ1n) is 9.56. The number of fused-ring (bicyclic) bond motifs is 1. The third kappa shape index (κ3) is 4.36. The van der Waals surface area contributed by atoms with Gasteiger partial charge in [-0.15, -0.1) is 0 Å². The first-order chi connectivity index (χ1) is 15.3. The van der Waals surface area contributed by atoms with Crippen molar-refractivity contribution >= 4 is 22.9 Å². The molecule has 9 nitrogen and oxygen atoms in total. The van der Waals surface area contributed by atoms with Crippen molar-refractivity contribution in [3.8, 4) is 23.0 Å². The van der Waals surface area contributed by atoms with E-state index < -0.39 is 29.0 Å². The van der Waals surface area contributed by atoms with E-state index in [9.17, 15) is 19.5 Å². The molecule has 1 atom stereocenters. The minimum absolute atomic E-state index is 0.0484. The molecule has 3 aromatic rings. The Labute approximate surface area is 183 Å². The summed E-state index contributed by atoms with van der Waals surface area (Å²) in [7, 11) is 3.96. The van der Waals surface area contributed by atoms with Gasteiger partial charge in [-0.25, -0.2) is 0 Å². The molecule has 168 valence electrons. The minimum Gasteiger partial charge on any atom is -0.502 e. The zero-order chi connectivity index (χ0) is 23.4. The van der Waals surface area contributed by atoms with Gasteiger partial charge in [-0.3, -0.25) is 14.4 Å². The van der Waals surface area contributed by atoms with Crippen LogP contribution < -0.4 is 19.6 Å². The van der Waals surface area contributed by atoms with E-state index in [4.69, 9.17) is 23.4 Å². The first-order valence-corrected chi connectivity index (χ1v) is 9.56. The highest BCUT2D eigenvalue weighted by Gasteiger charge is 2.29. The lowest BCUT2D eigenvalue weighted by atomic mass is 9.91. The number of benzene rings is 2. The average Bonchev–Trinajstić information content (AvgIpc) is 2.79. The summed E-state index contributed by atoms with van der Waals surface area (Å²) in [6.45, 7) is 1.23. The van der Waals surface area contributed by atoms with E-state index >= 15 is 0 Å². The molecule has 1 N–H and O–H groups in total. The number of hydrogen-bond acceptors (Lipinski definition) is 9. The Bertz CT molecular complexity index is 1200. The standard InChI is InChI=1S/C23H22O9/c1-12(24)31-23-17(28-2)9-13(10-18(23)29-3)15(11-19(25)30-4)22-21(27)20(26)14-7-5-6-8-16(14)32-22/h5-10,15,27H,11H2,1-4H3/t15-/m1/s1. The molecular weight excluding hydrogens is 420 g/mol. The van der Waals surface area contributed by atoms with Crippen LogP contribution in [0, 0.1) is 0 Å². The van der Waals surface area contributed by atoms with Crippen molar-refractivity contribution in [3.05, 3.63) is 57.9 Å². The molecule has 0 saturated heterocycles. The molecule has 0 saturated carbocycles. The highest BCUT2D eigenvalue weighted by atomic mass is 16.6. The molecule has 3 rings (SSSR count). The molecule has 0 amide bonds. The lowest BCUT2D eigenvalue weighted by molar-refractivity contribution is -0.141. The summed E-state index contributed by atoms with van der Waals surface area (Å²) in [4.78, 5) is 36.4. The Morgan fingerprint density at radius 1 is 1.06 bits per heavy atom. The summed E-state index contributed by atoms with van der Waals surface area (Å²) >= 11 is 0. The van der Waals surface area contributed by atoms with Gasteiger partial charge in [-0.1, -0.05) is 12.1 Å². The van der Waals surface area contributed by atoms with Gasteiger partial charge in [0.05, 0.1) is 39.1 Å². The predicted molar refractivity (Wildman–Crippen MR) is 113 cm³/mol. The number of aromatic hydroxyl groups is 1. The summed E-state index contributed by atoms with van der Waals surface area (Å²) in [6, 6.07) is 9.45. The van der Waals surface area contributed by atoms with Crippen LogP contribution in [0.25, 0.3) is 11.0 Å². The number of ether oxygens (including phenoxy) is 4. The largest absolute Gasteiger partial charge is 0.502 e. The van der Waals surface area contributed by atoms with Crippen LogP contribution in [0.3, 0.4) is 0 Å². The Hall–Kier alpha value is -4.01. The van der Waals surface area contributed by atoms with Crippen molar-refractivity contribution in [2.75, 3.05) is 21.3 Å². The fraction of sp³-hybridized carbons (Fsp3) is 0.261. The van der Waals surface area contributed by atoms with Crippen LogP contribution in [-0.4, -0.2) is 38.4 Å². The molecular formula is C23H22O9. The van der Waals surface area contributed by atoms with E-state index in [1.807, 2.05) is 0 Å². The van der Waals surface area contributed by atoms with Crippen LogP contribution in [0.2, 0.25) is 0 Å². The summed E-state index contributed by atoms with van der Waals surface area (Å²) in [5, 5.41) is 10.8. The van der Waals surface area contributed by atoms with Crippen molar-refractivity contribution in [1.82, 2.24) is 0 Å². The molecule has 0 bridgehead atoms. The Morgan fingerprint density at radius 3 is 2.25 bits per heavy atom. The molecule has 0 aliphatic carbocycles. The molecule has 0 radical (unpaired) electrons. The highest BCUT2D eigenvalue weighted by Crippen LogP contribution is 2.44. The molecule has 0 aliphatic rings. The second-order valence-electron chi connectivity index (χ2n) is 6.82. The monoisotopic (exact) mass is 442 g/mol. The van der Waals surface area contributed by atoms with Crippen molar-refractivity contribution in [1.29, 1.82) is 0 Å². The molecule has 1 heterocycles. The Balaban J connectivity index is 2.27. The quantitative estimate of drug-likeness (QED) is 0.434. The lowest BCUT2D eigenvalue weighted by Gasteiger charge is -2.20. The molecule has 0 aliphatic heterocycles. The number of esters is 2. The van der Waals surface area contributed by atoms with E-state index in [0.29, 0.717) is 5.56 Å². The van der Waals surface area contributed by atoms with Gasteiger partial charge in [0.1, 0.15) is 5.58 Å². The van der Waals surface area contributed by atoms with E-state index in [1.165, 1.54) is 46.5 Å². The van der Waals surface area contributed by atoms with Crippen LogP contribution in [0.5, 0.6) is 23.0 Å². The van der Waals surface area contributed by atoms with E-state index in [2.05, 4.69) is 0 Å². The van der Waals surface area contributed by atoms with Gasteiger partial charge in [-0.05, 0) is 29.8 Å². The topological polar surface area (TPSA) is 122 Å². The number of carbonyl (C=O) groups excluding carboxylic acids is 2. The van der Waals surface area contributed by atoms with Crippen LogP contribution in [-0.2, 0) is 14.3 Å². The molecule has 0 fully saturated rings. The minimum atomic E-state index is -0.936. The fourth-order valence-corrected chi connectivity index (χ4v) is 3.34. The van der Waals surface area contributed by atoms with Crippen LogP contribution in [0.4, 0.5) is 0 Å². The molecule has 9 heteroatoms. The van der Waals surface area contributed by atoms with Crippen molar-refractivity contribution in [3.63, 3.8) is 0 Å². The second kappa shape index (κ2) is 9.42. The fourth-order valence-electron chi connectivity index (χ4n) is 3.34.